The van der Waals surface area contributed by atoms with E-state index in [2.05, 4.69) is 31.2 Å². The van der Waals surface area contributed by atoms with Gasteiger partial charge in [-0.2, -0.15) is 0 Å². The van der Waals surface area contributed by atoms with E-state index in [4.69, 9.17) is 21.7 Å². The standard InChI is InChI=1S/C29H29N5O3S/c1-4-26(35)31-20-15-14-19(18-25(20)37-3)34-28(27(32-29(34)38)21-10-7-8-16-30-21)23-12-9-17-33(23)22-11-5-6-13-24(22)36-2/h5-18,27-28H,4H2,1-3H3,(H,31,35)(H,32,38)/t27-,28-/m1/s1. The molecule has 0 saturated carbocycles. The Morgan fingerprint density at radius 3 is 2.55 bits per heavy atom. The molecule has 1 saturated heterocycles. The minimum Gasteiger partial charge on any atom is -0.495 e. The zero-order valence-corrected chi connectivity index (χ0v) is 22.2. The third-order valence-electron chi connectivity index (χ3n) is 6.58. The molecular formula is C29H29N5O3S. The van der Waals surface area contributed by atoms with Crippen LogP contribution in [0.5, 0.6) is 11.5 Å². The summed E-state index contributed by atoms with van der Waals surface area (Å²) in [5.74, 6) is 1.22. The van der Waals surface area contributed by atoms with Gasteiger partial charge in [-0.05, 0) is 60.7 Å². The Hall–Kier alpha value is -4.37. The summed E-state index contributed by atoms with van der Waals surface area (Å²) >= 11 is 5.90. The number of thiocarbonyl (C=S) groups is 1. The third-order valence-corrected chi connectivity index (χ3v) is 6.90. The quantitative estimate of drug-likeness (QED) is 0.296. The maximum absolute atomic E-state index is 12.0. The molecule has 0 unspecified atom stereocenters. The molecule has 5 rings (SSSR count). The zero-order valence-electron chi connectivity index (χ0n) is 21.4. The monoisotopic (exact) mass is 527 g/mol. The number of hydrogen-bond acceptors (Lipinski definition) is 5. The molecule has 1 amide bonds. The van der Waals surface area contributed by atoms with Crippen molar-refractivity contribution in [3.05, 3.63) is 96.6 Å². The second-order valence-electron chi connectivity index (χ2n) is 8.76. The highest BCUT2D eigenvalue weighted by Crippen LogP contribution is 2.44. The van der Waals surface area contributed by atoms with Gasteiger partial charge in [0.05, 0.1) is 37.3 Å². The highest BCUT2D eigenvalue weighted by Gasteiger charge is 2.42. The molecule has 38 heavy (non-hydrogen) atoms. The summed E-state index contributed by atoms with van der Waals surface area (Å²) < 4.78 is 13.4. The van der Waals surface area contributed by atoms with Crippen molar-refractivity contribution in [2.24, 2.45) is 0 Å². The van der Waals surface area contributed by atoms with Gasteiger partial charge in [-0.3, -0.25) is 9.78 Å². The lowest BCUT2D eigenvalue weighted by molar-refractivity contribution is -0.115. The van der Waals surface area contributed by atoms with E-state index in [1.54, 1.807) is 20.4 Å². The molecule has 2 atom stereocenters. The first kappa shape index (κ1) is 25.3. The van der Waals surface area contributed by atoms with Crippen LogP contribution in [0, 0.1) is 0 Å². The molecule has 0 spiro atoms. The van der Waals surface area contributed by atoms with E-state index in [-0.39, 0.29) is 18.0 Å². The summed E-state index contributed by atoms with van der Waals surface area (Å²) in [6, 6.07) is 23.1. The van der Waals surface area contributed by atoms with E-state index in [1.807, 2.05) is 79.9 Å². The van der Waals surface area contributed by atoms with Crippen LogP contribution in [-0.2, 0) is 4.79 Å². The van der Waals surface area contributed by atoms with E-state index in [0.717, 1.165) is 28.5 Å². The second-order valence-corrected chi connectivity index (χ2v) is 9.14. The predicted molar refractivity (Wildman–Crippen MR) is 152 cm³/mol. The van der Waals surface area contributed by atoms with E-state index < -0.39 is 0 Å². The van der Waals surface area contributed by atoms with Crippen LogP contribution in [0.2, 0.25) is 0 Å². The van der Waals surface area contributed by atoms with E-state index >= 15 is 0 Å². The first-order chi connectivity index (χ1) is 18.5. The largest absolute Gasteiger partial charge is 0.495 e. The van der Waals surface area contributed by atoms with E-state index in [9.17, 15) is 4.79 Å². The lowest BCUT2D eigenvalue weighted by atomic mass is 10.0. The van der Waals surface area contributed by atoms with Crippen molar-refractivity contribution < 1.29 is 14.3 Å². The molecule has 194 valence electrons. The third kappa shape index (κ3) is 4.68. The fraction of sp³-hybridized carbons (Fsp3) is 0.207. The average molecular weight is 528 g/mol. The summed E-state index contributed by atoms with van der Waals surface area (Å²) in [6.07, 6.45) is 4.18. The first-order valence-electron chi connectivity index (χ1n) is 12.3. The number of carbonyl (C=O) groups excluding carboxylic acids is 1. The van der Waals surface area contributed by atoms with Crippen molar-refractivity contribution in [2.75, 3.05) is 24.4 Å². The molecule has 1 aliphatic rings. The van der Waals surface area contributed by atoms with Crippen LogP contribution >= 0.6 is 12.2 Å². The molecule has 1 fully saturated rings. The summed E-state index contributed by atoms with van der Waals surface area (Å²) in [6.45, 7) is 1.81. The number of rotatable bonds is 8. The topological polar surface area (TPSA) is 80.7 Å². The Labute approximate surface area is 227 Å². The van der Waals surface area contributed by atoms with Crippen LogP contribution in [0.3, 0.4) is 0 Å². The number of methoxy groups -OCH3 is 2. The predicted octanol–water partition coefficient (Wildman–Crippen LogP) is 5.42. The number of aromatic nitrogens is 2. The molecule has 1 aliphatic heterocycles. The molecular weight excluding hydrogens is 498 g/mol. The Morgan fingerprint density at radius 2 is 1.82 bits per heavy atom. The van der Waals surface area contributed by atoms with Gasteiger partial charge in [0.25, 0.3) is 0 Å². The van der Waals surface area contributed by atoms with Gasteiger partial charge >= 0.3 is 0 Å². The molecule has 4 aromatic rings. The number of anilines is 2. The second kappa shape index (κ2) is 10.9. The smallest absolute Gasteiger partial charge is 0.224 e. The number of ether oxygens (including phenoxy) is 2. The Kier molecular flexibility index (Phi) is 7.28. The number of nitrogens with one attached hydrogen (secondary N) is 2. The van der Waals surface area contributed by atoms with Gasteiger partial charge in [0, 0.05) is 36.3 Å². The van der Waals surface area contributed by atoms with Crippen molar-refractivity contribution in [2.45, 2.75) is 25.4 Å². The van der Waals surface area contributed by atoms with Crippen molar-refractivity contribution in [3.63, 3.8) is 0 Å². The number of hydrogen-bond donors (Lipinski definition) is 2. The summed E-state index contributed by atoms with van der Waals surface area (Å²) in [7, 11) is 3.25. The van der Waals surface area contributed by atoms with Crippen molar-refractivity contribution >= 4 is 34.6 Å². The highest BCUT2D eigenvalue weighted by atomic mass is 32.1. The van der Waals surface area contributed by atoms with Gasteiger partial charge in [0.15, 0.2) is 5.11 Å². The van der Waals surface area contributed by atoms with Crippen molar-refractivity contribution in [1.29, 1.82) is 0 Å². The van der Waals surface area contributed by atoms with Crippen molar-refractivity contribution in [1.82, 2.24) is 14.9 Å². The number of para-hydroxylation sites is 2. The zero-order chi connectivity index (χ0) is 26.6. The molecule has 8 nitrogen and oxygen atoms in total. The SMILES string of the molecule is CCC(=O)Nc1ccc(N2C(=S)N[C@H](c3ccccn3)[C@H]2c2cccn2-c2ccccc2OC)cc1OC. The van der Waals surface area contributed by atoms with Gasteiger partial charge < -0.3 is 29.6 Å². The lowest BCUT2D eigenvalue weighted by Crippen LogP contribution is -2.30. The number of benzene rings is 2. The van der Waals surface area contributed by atoms with Crippen LogP contribution < -0.4 is 25.0 Å². The minimum absolute atomic E-state index is 0.0860. The Balaban J connectivity index is 1.64. The molecule has 0 radical (unpaired) electrons. The van der Waals surface area contributed by atoms with Gasteiger partial charge in [-0.1, -0.05) is 25.1 Å². The number of amides is 1. The van der Waals surface area contributed by atoms with Gasteiger partial charge in [-0.25, -0.2) is 0 Å². The lowest BCUT2D eigenvalue weighted by Gasteiger charge is -2.29. The summed E-state index contributed by atoms with van der Waals surface area (Å²) in [5.41, 5.74) is 4.22. The Bertz CT molecular complexity index is 1460. The first-order valence-corrected chi connectivity index (χ1v) is 12.8. The average Bonchev–Trinajstić information content (AvgIpc) is 3.57. The van der Waals surface area contributed by atoms with E-state index in [0.29, 0.717) is 23.0 Å². The molecule has 2 N–H and O–H groups in total. The molecule has 0 aliphatic carbocycles. The van der Waals surface area contributed by atoms with Gasteiger partial charge in [0.1, 0.15) is 17.5 Å². The van der Waals surface area contributed by atoms with Crippen LogP contribution in [0.25, 0.3) is 5.69 Å². The van der Waals surface area contributed by atoms with Crippen molar-refractivity contribution in [3.8, 4) is 17.2 Å². The summed E-state index contributed by atoms with van der Waals surface area (Å²) in [5, 5.41) is 6.96. The van der Waals surface area contributed by atoms with Gasteiger partial charge in [0.2, 0.25) is 5.91 Å². The Morgan fingerprint density at radius 1 is 1.03 bits per heavy atom. The van der Waals surface area contributed by atoms with E-state index in [1.165, 1.54) is 0 Å². The number of nitrogens with zero attached hydrogens (tertiary/aromatic N) is 3. The molecule has 3 heterocycles. The fourth-order valence-electron chi connectivity index (χ4n) is 4.79. The fourth-order valence-corrected chi connectivity index (χ4v) is 5.13. The number of pyridine rings is 1. The molecule has 9 heteroatoms. The van der Waals surface area contributed by atoms with Crippen LogP contribution in [0.1, 0.15) is 36.8 Å². The minimum atomic E-state index is -0.252. The van der Waals surface area contributed by atoms with Crippen LogP contribution in [-0.4, -0.2) is 34.8 Å². The maximum Gasteiger partial charge on any atom is 0.224 e. The summed E-state index contributed by atoms with van der Waals surface area (Å²) in [4.78, 5) is 18.8. The normalized spacial score (nSPS) is 16.7. The van der Waals surface area contributed by atoms with Crippen LogP contribution in [0.4, 0.5) is 11.4 Å². The van der Waals surface area contributed by atoms with Crippen LogP contribution in [0.15, 0.2) is 85.2 Å². The molecule has 2 aromatic carbocycles. The van der Waals surface area contributed by atoms with Gasteiger partial charge in [-0.15, -0.1) is 0 Å². The maximum atomic E-state index is 12.0. The molecule has 0 bridgehead atoms. The number of carbonyl (C=O) groups is 1. The highest BCUT2D eigenvalue weighted by molar-refractivity contribution is 7.80. The molecule has 2 aromatic heterocycles.